The van der Waals surface area contributed by atoms with Crippen LogP contribution in [0.25, 0.3) is 22.2 Å². The van der Waals surface area contributed by atoms with Crippen LogP contribution in [0.5, 0.6) is 5.75 Å². The summed E-state index contributed by atoms with van der Waals surface area (Å²) in [5, 5.41) is 4.34. The molecule has 5 heteroatoms. The van der Waals surface area contributed by atoms with Gasteiger partial charge in [0.25, 0.3) is 0 Å². The lowest BCUT2D eigenvalue weighted by atomic mass is 10.0. The summed E-state index contributed by atoms with van der Waals surface area (Å²) in [4.78, 5) is 4.56. The molecule has 3 atom stereocenters. The van der Waals surface area contributed by atoms with Gasteiger partial charge in [-0.1, -0.05) is 19.1 Å². The van der Waals surface area contributed by atoms with Crippen LogP contribution < -0.4 is 4.74 Å². The van der Waals surface area contributed by atoms with Crippen LogP contribution in [0.1, 0.15) is 35.2 Å². The van der Waals surface area contributed by atoms with Gasteiger partial charge in [0, 0.05) is 23.9 Å². The highest BCUT2D eigenvalue weighted by atomic mass is 19.1. The lowest BCUT2D eigenvalue weighted by Crippen LogP contribution is -2.01. The molecule has 156 valence electrons. The highest BCUT2D eigenvalue weighted by Gasteiger charge is 2.52. The van der Waals surface area contributed by atoms with E-state index in [9.17, 15) is 4.39 Å². The molecule has 0 N–H and O–H groups in total. The number of halogens is 1. The molecule has 2 aromatic heterocycles. The molecule has 2 aliphatic rings. The molecule has 2 heterocycles. The summed E-state index contributed by atoms with van der Waals surface area (Å²) in [5.74, 6) is 2.93. The number of pyridine rings is 1. The minimum Gasteiger partial charge on any atom is -0.489 e. The fourth-order valence-corrected chi connectivity index (χ4v) is 5.35. The predicted molar refractivity (Wildman–Crippen MR) is 119 cm³/mol. The number of hydrogen-bond donors (Lipinski definition) is 0. The minimum absolute atomic E-state index is 0.195. The Morgan fingerprint density at radius 1 is 1.16 bits per heavy atom. The Balaban J connectivity index is 1.29. The standard InChI is InChI=1S/C26H24FN3O/c1-14-8-22(26-24(29-14)12-28-30(26)3)16-4-7-23(27)18(9-16)13-31-19-5-6-20-17(10-19)11-21-15(2)25(20)21/h4-10,12,15,21,25H,11,13H2,1-3H3/t15-,21-,25-/m0/s1. The zero-order valence-electron chi connectivity index (χ0n) is 17.9. The van der Waals surface area contributed by atoms with E-state index in [0.717, 1.165) is 57.8 Å². The monoisotopic (exact) mass is 413 g/mol. The van der Waals surface area contributed by atoms with Gasteiger partial charge in [0.15, 0.2) is 0 Å². The van der Waals surface area contributed by atoms with E-state index in [0.29, 0.717) is 5.56 Å². The van der Waals surface area contributed by atoms with E-state index >= 15 is 0 Å². The Morgan fingerprint density at radius 3 is 2.90 bits per heavy atom. The Bertz CT molecular complexity index is 1340. The van der Waals surface area contributed by atoms with Gasteiger partial charge in [0.1, 0.15) is 23.7 Å². The molecular weight excluding hydrogens is 389 g/mol. The summed E-state index contributed by atoms with van der Waals surface area (Å²) >= 11 is 0. The summed E-state index contributed by atoms with van der Waals surface area (Å²) < 4.78 is 22.4. The third-order valence-corrected chi connectivity index (χ3v) is 7.07. The van der Waals surface area contributed by atoms with Crippen molar-refractivity contribution in [3.8, 4) is 16.9 Å². The van der Waals surface area contributed by atoms with Gasteiger partial charge in [-0.2, -0.15) is 5.10 Å². The molecule has 0 radical (unpaired) electrons. The Kier molecular flexibility index (Phi) is 3.98. The van der Waals surface area contributed by atoms with Crippen LogP contribution in [0.4, 0.5) is 4.39 Å². The maximum absolute atomic E-state index is 14.6. The topological polar surface area (TPSA) is 39.9 Å². The summed E-state index contributed by atoms with van der Waals surface area (Å²) in [5.41, 5.74) is 8.02. The molecule has 0 aliphatic heterocycles. The van der Waals surface area contributed by atoms with E-state index in [-0.39, 0.29) is 12.4 Å². The molecule has 1 saturated carbocycles. The van der Waals surface area contributed by atoms with E-state index in [4.69, 9.17) is 4.74 Å². The third-order valence-electron chi connectivity index (χ3n) is 7.07. The Labute approximate surface area is 180 Å². The molecule has 6 rings (SSSR count). The van der Waals surface area contributed by atoms with Crippen LogP contribution in [-0.2, 0) is 20.1 Å². The average molecular weight is 413 g/mol. The molecule has 2 aromatic carbocycles. The lowest BCUT2D eigenvalue weighted by Gasteiger charge is -2.12. The largest absolute Gasteiger partial charge is 0.489 e. The first-order chi connectivity index (χ1) is 15.0. The zero-order chi connectivity index (χ0) is 21.3. The first-order valence-electron chi connectivity index (χ1n) is 10.8. The maximum atomic E-state index is 14.6. The number of nitrogens with zero attached hydrogens (tertiary/aromatic N) is 3. The molecule has 0 unspecified atom stereocenters. The van der Waals surface area contributed by atoms with Crippen LogP contribution in [0.3, 0.4) is 0 Å². The fraction of sp³-hybridized carbons (Fsp3) is 0.308. The van der Waals surface area contributed by atoms with E-state index in [1.807, 2.05) is 42.9 Å². The molecule has 0 bridgehead atoms. The SMILES string of the molecule is Cc1cc(-c2ccc(F)c(COc3ccc4c(c3)C[C@H]3[C@H](C)[C@@H]43)c2)c2c(cnn2C)n1. The van der Waals surface area contributed by atoms with E-state index in [2.05, 4.69) is 29.1 Å². The molecular formula is C26H24FN3O. The first-order valence-corrected chi connectivity index (χ1v) is 10.8. The van der Waals surface area contributed by atoms with Crippen LogP contribution in [-0.4, -0.2) is 14.8 Å². The van der Waals surface area contributed by atoms with Crippen molar-refractivity contribution in [3.63, 3.8) is 0 Å². The fourth-order valence-electron chi connectivity index (χ4n) is 5.35. The van der Waals surface area contributed by atoms with Crippen LogP contribution >= 0.6 is 0 Å². The second kappa shape index (κ2) is 6.64. The quantitative estimate of drug-likeness (QED) is 0.439. The van der Waals surface area contributed by atoms with E-state index < -0.39 is 0 Å². The highest BCUT2D eigenvalue weighted by Crippen LogP contribution is 2.61. The van der Waals surface area contributed by atoms with Gasteiger partial charge in [-0.15, -0.1) is 0 Å². The number of ether oxygens (including phenoxy) is 1. The third kappa shape index (κ3) is 2.94. The van der Waals surface area contributed by atoms with Crippen molar-refractivity contribution >= 4 is 11.0 Å². The molecule has 0 amide bonds. The number of benzene rings is 2. The molecule has 0 spiro atoms. The van der Waals surface area contributed by atoms with Crippen LogP contribution in [0, 0.1) is 24.6 Å². The van der Waals surface area contributed by atoms with Gasteiger partial charge >= 0.3 is 0 Å². The van der Waals surface area contributed by atoms with E-state index in [1.165, 1.54) is 17.2 Å². The summed E-state index contributed by atoms with van der Waals surface area (Å²) in [7, 11) is 1.90. The Morgan fingerprint density at radius 2 is 2.03 bits per heavy atom. The van der Waals surface area contributed by atoms with Crippen molar-refractivity contribution in [2.75, 3.05) is 0 Å². The molecule has 4 aromatic rings. The summed E-state index contributed by atoms with van der Waals surface area (Å²) in [6, 6.07) is 13.6. The van der Waals surface area contributed by atoms with Crippen molar-refractivity contribution in [1.82, 2.24) is 14.8 Å². The van der Waals surface area contributed by atoms with Gasteiger partial charge in [-0.25, -0.2) is 9.37 Å². The first kappa shape index (κ1) is 18.6. The summed E-state index contributed by atoms with van der Waals surface area (Å²) in [6.45, 7) is 4.49. The lowest BCUT2D eigenvalue weighted by molar-refractivity contribution is 0.299. The normalized spacial score (nSPS) is 21.2. The predicted octanol–water partition coefficient (Wildman–Crippen LogP) is 5.57. The highest BCUT2D eigenvalue weighted by molar-refractivity contribution is 5.91. The number of hydrogen-bond acceptors (Lipinski definition) is 3. The van der Waals surface area contributed by atoms with Crippen molar-refractivity contribution in [2.24, 2.45) is 18.9 Å². The van der Waals surface area contributed by atoms with Gasteiger partial charge in [0.2, 0.25) is 0 Å². The minimum atomic E-state index is -0.257. The van der Waals surface area contributed by atoms with E-state index in [1.54, 1.807) is 6.20 Å². The number of fused-ring (bicyclic) bond motifs is 4. The summed E-state index contributed by atoms with van der Waals surface area (Å²) in [6.07, 6.45) is 2.90. The van der Waals surface area contributed by atoms with Crippen LogP contribution in [0.2, 0.25) is 0 Å². The molecule has 4 nitrogen and oxygen atoms in total. The van der Waals surface area contributed by atoms with Crippen molar-refractivity contribution < 1.29 is 9.13 Å². The molecule has 31 heavy (non-hydrogen) atoms. The van der Waals surface area contributed by atoms with Gasteiger partial charge < -0.3 is 4.74 Å². The number of aromatic nitrogens is 3. The number of rotatable bonds is 4. The van der Waals surface area contributed by atoms with Gasteiger partial charge in [0.05, 0.1) is 11.7 Å². The molecule has 1 fully saturated rings. The van der Waals surface area contributed by atoms with Gasteiger partial charge in [-0.3, -0.25) is 4.68 Å². The Hall–Kier alpha value is -3.21. The smallest absolute Gasteiger partial charge is 0.129 e. The van der Waals surface area contributed by atoms with Crippen molar-refractivity contribution in [1.29, 1.82) is 0 Å². The molecule has 0 saturated heterocycles. The number of aryl methyl sites for hydroxylation is 2. The molecule has 2 aliphatic carbocycles. The van der Waals surface area contributed by atoms with Gasteiger partial charge in [-0.05, 0) is 78.1 Å². The maximum Gasteiger partial charge on any atom is 0.129 e. The second-order valence-electron chi connectivity index (χ2n) is 9.02. The van der Waals surface area contributed by atoms with Crippen molar-refractivity contribution in [2.45, 2.75) is 32.8 Å². The zero-order valence-corrected chi connectivity index (χ0v) is 17.9. The second-order valence-corrected chi connectivity index (χ2v) is 9.02. The van der Waals surface area contributed by atoms with Crippen molar-refractivity contribution in [3.05, 3.63) is 76.9 Å². The average Bonchev–Trinajstić information content (AvgIpc) is 3.08. The van der Waals surface area contributed by atoms with Crippen LogP contribution in [0.15, 0.2) is 48.7 Å².